The van der Waals surface area contributed by atoms with E-state index in [1.807, 2.05) is 23.5 Å². The molecule has 4 heteroatoms. The molecular weight excluding hydrogens is 883 g/mol. The van der Waals surface area contributed by atoms with Crippen LogP contribution in [-0.4, -0.2) is 8.07 Å². The molecule has 0 aliphatic heterocycles. The first kappa shape index (κ1) is 41.6. The quantitative estimate of drug-likeness (QED) is 0.100. The topological polar surface area (TPSA) is 16.4 Å². The van der Waals surface area contributed by atoms with Crippen molar-refractivity contribution in [3.8, 4) is 33.4 Å². The highest BCUT2D eigenvalue weighted by molar-refractivity contribution is 7.26. The maximum atomic E-state index is 6.47. The van der Waals surface area contributed by atoms with Crippen LogP contribution in [0.25, 0.3) is 75.5 Å². The Hall–Kier alpha value is -8.54. The molecule has 0 saturated carbocycles. The lowest BCUT2D eigenvalue weighted by Gasteiger charge is -2.34. The van der Waals surface area contributed by atoms with Crippen LogP contribution in [0.3, 0.4) is 0 Å². The number of furan rings is 1. The fourth-order valence-corrected chi connectivity index (χ4v) is 16.7. The van der Waals surface area contributed by atoms with Gasteiger partial charge in [0, 0.05) is 53.6 Å². The molecule has 11 aromatic carbocycles. The Balaban J connectivity index is 0.881. The third-order valence-corrected chi connectivity index (χ3v) is 20.1. The molecule has 0 N–H and O–H groups in total. The number of rotatable bonds is 10. The van der Waals surface area contributed by atoms with Crippen molar-refractivity contribution in [3.05, 3.63) is 273 Å². The van der Waals surface area contributed by atoms with Gasteiger partial charge in [-0.15, -0.1) is 11.3 Å². The number of benzene rings is 11. The van der Waals surface area contributed by atoms with E-state index in [0.717, 1.165) is 50.1 Å². The van der Waals surface area contributed by atoms with E-state index in [1.165, 1.54) is 63.2 Å². The second-order valence-corrected chi connectivity index (χ2v) is 22.8. The number of fused-ring (bicyclic) bond motifs is 6. The van der Waals surface area contributed by atoms with E-state index >= 15 is 0 Å². The molecule has 0 atom stereocenters. The van der Waals surface area contributed by atoms with Crippen LogP contribution < -0.4 is 25.6 Å². The molecule has 70 heavy (non-hydrogen) atoms. The molecule has 0 radical (unpaired) electrons. The smallest absolute Gasteiger partial charge is 0.179 e. The summed E-state index contributed by atoms with van der Waals surface area (Å²) in [6.45, 7) is 0. The predicted molar refractivity (Wildman–Crippen MR) is 301 cm³/mol. The zero-order valence-corrected chi connectivity index (χ0v) is 40.1. The van der Waals surface area contributed by atoms with Crippen LogP contribution in [0.15, 0.2) is 277 Å². The summed E-state index contributed by atoms with van der Waals surface area (Å²) >= 11 is 1.87. The zero-order valence-electron chi connectivity index (χ0n) is 38.2. The van der Waals surface area contributed by atoms with Crippen LogP contribution >= 0.6 is 11.3 Å². The van der Waals surface area contributed by atoms with Gasteiger partial charge in [-0.3, -0.25) is 0 Å². The Labute approximate surface area is 412 Å². The third kappa shape index (κ3) is 7.08. The van der Waals surface area contributed by atoms with Crippen LogP contribution in [0.5, 0.6) is 0 Å². The van der Waals surface area contributed by atoms with E-state index in [0.29, 0.717) is 0 Å². The van der Waals surface area contributed by atoms with Crippen LogP contribution in [-0.2, 0) is 0 Å². The average molecular weight is 928 g/mol. The fourth-order valence-electron chi connectivity index (χ4n) is 10.8. The summed E-state index contributed by atoms with van der Waals surface area (Å²) in [5.41, 5.74) is 12.0. The molecule has 2 nitrogen and oxygen atoms in total. The first-order valence-electron chi connectivity index (χ1n) is 23.9. The van der Waals surface area contributed by atoms with Gasteiger partial charge in [-0.1, -0.05) is 224 Å². The molecule has 0 amide bonds. The van der Waals surface area contributed by atoms with Crippen LogP contribution in [0, 0.1) is 0 Å². The standard InChI is InChI=1S/C66H45NOSSi/c1-4-16-53(17-5-1)70(54-18-6-2-7-19-54,55-20-8-3-9-21-55)56-44-36-47(37-45-56)46-30-38-50(39-31-46)67(51-40-32-48(33-41-51)57-24-14-26-61-59-22-10-12-28-63(59)68-65(57)61)52-42-34-49(35-43-52)58-25-15-27-62-60-23-11-13-29-64(60)69-66(58)62/h1-45H. The van der Waals surface area contributed by atoms with Crippen molar-refractivity contribution < 1.29 is 4.42 Å². The van der Waals surface area contributed by atoms with Gasteiger partial charge in [-0.25, -0.2) is 0 Å². The van der Waals surface area contributed by atoms with Crippen molar-refractivity contribution in [1.29, 1.82) is 0 Å². The number of hydrogen-bond acceptors (Lipinski definition) is 3. The molecular formula is C66H45NOSSi. The second kappa shape index (κ2) is 17.5. The summed E-state index contributed by atoms with van der Waals surface area (Å²) in [6.07, 6.45) is 0. The Morgan fingerprint density at radius 1 is 0.300 bits per heavy atom. The van der Waals surface area contributed by atoms with E-state index in [1.54, 1.807) is 0 Å². The largest absolute Gasteiger partial charge is 0.455 e. The Bertz CT molecular complexity index is 3700. The molecule has 0 unspecified atom stereocenters. The van der Waals surface area contributed by atoms with Crippen LogP contribution in [0.2, 0.25) is 0 Å². The van der Waals surface area contributed by atoms with Gasteiger partial charge in [0.05, 0.1) is 0 Å². The molecule has 0 spiro atoms. The molecule has 13 rings (SSSR count). The molecule has 0 saturated heterocycles. The summed E-state index contributed by atoms with van der Waals surface area (Å²) in [4.78, 5) is 2.36. The Morgan fingerprint density at radius 3 is 1.29 bits per heavy atom. The molecule has 330 valence electrons. The number of hydrogen-bond donors (Lipinski definition) is 0. The van der Waals surface area contributed by atoms with Gasteiger partial charge in [0.1, 0.15) is 11.2 Å². The minimum atomic E-state index is -2.63. The van der Waals surface area contributed by atoms with Gasteiger partial charge in [0.15, 0.2) is 8.07 Å². The highest BCUT2D eigenvalue weighted by Crippen LogP contribution is 2.43. The van der Waals surface area contributed by atoms with Crippen molar-refractivity contribution in [1.82, 2.24) is 0 Å². The summed E-state index contributed by atoms with van der Waals surface area (Å²) in [5.74, 6) is 0. The van der Waals surface area contributed by atoms with Crippen LogP contribution in [0.4, 0.5) is 17.1 Å². The zero-order chi connectivity index (χ0) is 46.4. The minimum absolute atomic E-state index is 0.903. The lowest BCUT2D eigenvalue weighted by molar-refractivity contribution is 0.670. The van der Waals surface area contributed by atoms with Crippen molar-refractivity contribution >= 4 is 99.3 Å². The monoisotopic (exact) mass is 927 g/mol. The Morgan fingerprint density at radius 2 is 0.714 bits per heavy atom. The van der Waals surface area contributed by atoms with Gasteiger partial charge < -0.3 is 9.32 Å². The van der Waals surface area contributed by atoms with E-state index < -0.39 is 8.07 Å². The van der Waals surface area contributed by atoms with Gasteiger partial charge in [0.2, 0.25) is 0 Å². The van der Waals surface area contributed by atoms with Crippen molar-refractivity contribution in [3.63, 3.8) is 0 Å². The molecule has 0 bridgehead atoms. The molecule has 2 aromatic heterocycles. The molecule has 0 fully saturated rings. The van der Waals surface area contributed by atoms with Crippen molar-refractivity contribution in [2.75, 3.05) is 4.90 Å². The number of para-hydroxylation sites is 2. The van der Waals surface area contributed by atoms with E-state index in [2.05, 4.69) is 266 Å². The predicted octanol–water partition coefficient (Wildman–Crippen LogP) is 15.8. The van der Waals surface area contributed by atoms with E-state index in [9.17, 15) is 0 Å². The average Bonchev–Trinajstić information content (AvgIpc) is 4.02. The lowest BCUT2D eigenvalue weighted by Crippen LogP contribution is -2.74. The summed E-state index contributed by atoms with van der Waals surface area (Å²) in [6, 6.07) is 99.9. The maximum absolute atomic E-state index is 6.47. The minimum Gasteiger partial charge on any atom is -0.455 e. The molecule has 13 aromatic rings. The summed E-state index contributed by atoms with van der Waals surface area (Å²) in [7, 11) is -2.63. The van der Waals surface area contributed by atoms with Gasteiger partial charge in [-0.05, 0) is 97.1 Å². The fraction of sp³-hybridized carbons (Fsp3) is 0. The summed E-state index contributed by atoms with van der Waals surface area (Å²) in [5, 5.41) is 10.3. The molecule has 0 aliphatic carbocycles. The van der Waals surface area contributed by atoms with Crippen molar-refractivity contribution in [2.24, 2.45) is 0 Å². The van der Waals surface area contributed by atoms with Gasteiger partial charge >= 0.3 is 0 Å². The SMILES string of the molecule is c1ccc([Si](c2ccccc2)(c2ccccc2)c2ccc(-c3ccc(N(c4ccc(-c5cccc6c5oc5ccccc56)cc4)c4ccc(-c5cccc6c5sc5ccccc56)cc4)cc3)cc2)cc1. The molecule has 2 heterocycles. The highest BCUT2D eigenvalue weighted by Gasteiger charge is 2.41. The number of anilines is 3. The lowest BCUT2D eigenvalue weighted by atomic mass is 10.0. The normalized spacial score (nSPS) is 11.7. The van der Waals surface area contributed by atoms with Gasteiger partial charge in [0.25, 0.3) is 0 Å². The number of nitrogens with zero attached hydrogens (tertiary/aromatic N) is 1. The summed E-state index contributed by atoms with van der Waals surface area (Å²) < 4.78 is 9.10. The van der Waals surface area contributed by atoms with Gasteiger partial charge in [-0.2, -0.15) is 0 Å². The second-order valence-electron chi connectivity index (χ2n) is 18.0. The first-order valence-corrected chi connectivity index (χ1v) is 26.7. The van der Waals surface area contributed by atoms with Crippen molar-refractivity contribution in [2.45, 2.75) is 0 Å². The number of thiophene rings is 1. The third-order valence-electron chi connectivity index (χ3n) is 14.1. The van der Waals surface area contributed by atoms with Crippen LogP contribution in [0.1, 0.15) is 0 Å². The molecule has 0 aliphatic rings. The van der Waals surface area contributed by atoms with E-state index in [4.69, 9.17) is 4.42 Å². The van der Waals surface area contributed by atoms with E-state index in [-0.39, 0.29) is 0 Å². The first-order chi connectivity index (χ1) is 34.7. The maximum Gasteiger partial charge on any atom is 0.179 e. The Kier molecular flexibility index (Phi) is 10.4. The highest BCUT2D eigenvalue weighted by atomic mass is 32.1.